The maximum Gasteiger partial charge on any atom is 0.281 e. The van der Waals surface area contributed by atoms with Crippen molar-refractivity contribution in [2.24, 2.45) is 0 Å². The fourth-order valence-electron chi connectivity index (χ4n) is 3.70. The predicted molar refractivity (Wildman–Crippen MR) is 122 cm³/mol. The quantitative estimate of drug-likeness (QED) is 0.218. The lowest BCUT2D eigenvalue weighted by Gasteiger charge is -2.04. The normalized spacial score (nSPS) is 11.5. The minimum atomic E-state index is -0.795. The zero-order valence-corrected chi connectivity index (χ0v) is 17.1. The van der Waals surface area contributed by atoms with Gasteiger partial charge < -0.3 is 0 Å². The Morgan fingerprint density at radius 3 is 1.25 bits per heavy atom. The van der Waals surface area contributed by atoms with E-state index in [4.69, 9.17) is 0 Å². The van der Waals surface area contributed by atoms with Crippen LogP contribution in [0.15, 0.2) is 55.6 Å². The van der Waals surface area contributed by atoms with Crippen LogP contribution in [0.1, 0.15) is 0 Å². The minimum absolute atomic E-state index is 0.144. The number of hydrogen-bond acceptors (Lipinski definition) is 10. The fraction of sp³-hybridized carbons (Fsp3) is 0. The molecule has 0 radical (unpaired) electrons. The van der Waals surface area contributed by atoms with E-state index in [-0.39, 0.29) is 40.3 Å². The summed E-state index contributed by atoms with van der Waals surface area (Å²) >= 11 is 1.18. The molecule has 0 bridgehead atoms. The number of nitrogens with zero attached hydrogens (tertiary/aromatic N) is 2. The Kier molecular flexibility index (Phi) is 4.12. The Labute approximate surface area is 181 Å². The van der Waals surface area contributed by atoms with Gasteiger partial charge in [0.25, 0.3) is 11.4 Å². The summed E-state index contributed by atoms with van der Waals surface area (Å²) < 4.78 is -0.656. The molecule has 156 valence electrons. The monoisotopic (exact) mass is 466 g/mol. The molecule has 0 amide bonds. The first kappa shape index (κ1) is 19.8. The third kappa shape index (κ3) is 2.50. The van der Waals surface area contributed by atoms with E-state index in [9.17, 15) is 39.4 Å². The van der Waals surface area contributed by atoms with Crippen LogP contribution in [0.4, 0.5) is 11.4 Å². The third-order valence-corrected chi connectivity index (χ3v) is 7.70. The Morgan fingerprint density at radius 2 is 0.906 bits per heavy atom. The molecule has 12 heteroatoms. The summed E-state index contributed by atoms with van der Waals surface area (Å²) in [7, 11) is 0. The first-order valence-electron chi connectivity index (χ1n) is 8.80. The number of rotatable bonds is 2. The van der Waals surface area contributed by atoms with Crippen molar-refractivity contribution in [1.29, 1.82) is 0 Å². The van der Waals surface area contributed by atoms with Gasteiger partial charge in [-0.05, 0) is 12.1 Å². The Balaban J connectivity index is 2.10. The van der Waals surface area contributed by atoms with Gasteiger partial charge in [0.1, 0.15) is 10.8 Å². The summed E-state index contributed by atoms with van der Waals surface area (Å²) in [6.45, 7) is 0. The summed E-state index contributed by atoms with van der Waals surface area (Å²) in [5.74, 6) is 0. The number of fused-ring (bicyclic) bond motifs is 4. The lowest BCUT2D eigenvalue weighted by Crippen LogP contribution is -2.16. The van der Waals surface area contributed by atoms with E-state index in [0.29, 0.717) is 22.7 Å². The molecule has 0 saturated heterocycles. The van der Waals surface area contributed by atoms with Crippen LogP contribution >= 0.6 is 22.7 Å². The fourth-order valence-corrected chi connectivity index (χ4v) is 6.14. The molecule has 0 aliphatic rings. The van der Waals surface area contributed by atoms with Crippen molar-refractivity contribution >= 4 is 74.4 Å². The van der Waals surface area contributed by atoms with Crippen molar-refractivity contribution in [1.82, 2.24) is 0 Å². The number of nitro groups is 2. The Morgan fingerprint density at radius 1 is 0.562 bits per heavy atom. The van der Waals surface area contributed by atoms with Crippen molar-refractivity contribution in [3.8, 4) is 0 Å². The van der Waals surface area contributed by atoms with Crippen LogP contribution in [-0.2, 0) is 0 Å². The van der Waals surface area contributed by atoms with E-state index in [0.717, 1.165) is 12.1 Å². The molecule has 4 aromatic carbocycles. The van der Waals surface area contributed by atoms with Gasteiger partial charge in [-0.25, -0.2) is 0 Å². The van der Waals surface area contributed by atoms with Crippen LogP contribution < -0.4 is 21.7 Å². The molecule has 0 aliphatic heterocycles. The second-order valence-corrected chi connectivity index (χ2v) is 8.79. The van der Waals surface area contributed by atoms with E-state index in [1.54, 1.807) is 0 Å². The lowest BCUT2D eigenvalue weighted by molar-refractivity contribution is -0.383. The molecule has 32 heavy (non-hydrogen) atoms. The van der Waals surface area contributed by atoms with Crippen LogP contribution in [0.25, 0.3) is 40.3 Å². The van der Waals surface area contributed by atoms with Crippen LogP contribution in [-0.4, -0.2) is 9.85 Å². The minimum Gasteiger partial charge on any atom is -0.288 e. The highest BCUT2D eigenvalue weighted by molar-refractivity contribution is 7.36. The largest absolute Gasteiger partial charge is 0.288 e. The van der Waals surface area contributed by atoms with Gasteiger partial charge in [0.2, 0.25) is 21.7 Å². The predicted octanol–water partition coefficient (Wildman–Crippen LogP) is 3.12. The molecule has 0 atom stereocenters. The molecule has 0 aliphatic carbocycles. The standard InChI is InChI=1S/C20H6N2O8S2/c23-13-7-3-1-5-9(21(27)28)11(7)15(25)19-17(13)31-20-16(26)12-8(14(24)18(20)32-19)4-2-6-10(12)22(29)30/h1-6H. The highest BCUT2D eigenvalue weighted by atomic mass is 32.1. The maximum atomic E-state index is 13.1. The molecule has 1 heterocycles. The zero-order chi connectivity index (χ0) is 22.9. The van der Waals surface area contributed by atoms with Gasteiger partial charge in [0.15, 0.2) is 0 Å². The molecule has 0 N–H and O–H groups in total. The van der Waals surface area contributed by atoms with E-state index in [1.165, 1.54) is 24.3 Å². The number of non-ortho nitro benzene ring substituents is 2. The van der Waals surface area contributed by atoms with E-state index in [1.807, 2.05) is 0 Å². The van der Waals surface area contributed by atoms with Gasteiger partial charge in [-0.2, -0.15) is 0 Å². The first-order valence-corrected chi connectivity index (χ1v) is 10.4. The van der Waals surface area contributed by atoms with Crippen molar-refractivity contribution < 1.29 is 9.85 Å². The van der Waals surface area contributed by atoms with Gasteiger partial charge in [-0.1, -0.05) is 12.1 Å². The van der Waals surface area contributed by atoms with Crippen molar-refractivity contribution in [2.75, 3.05) is 0 Å². The summed E-state index contributed by atoms with van der Waals surface area (Å²) in [6, 6.07) is 7.30. The summed E-state index contributed by atoms with van der Waals surface area (Å²) in [5.41, 5.74) is -4.06. The second-order valence-electron chi connectivity index (χ2n) is 6.75. The van der Waals surface area contributed by atoms with Crippen LogP contribution in [0, 0.1) is 20.2 Å². The van der Waals surface area contributed by atoms with Crippen molar-refractivity contribution in [3.63, 3.8) is 0 Å². The number of nitro benzene ring substituents is 2. The summed E-state index contributed by atoms with van der Waals surface area (Å²) in [6.07, 6.45) is 0. The van der Waals surface area contributed by atoms with E-state index in [2.05, 4.69) is 0 Å². The third-order valence-electron chi connectivity index (χ3n) is 5.07. The van der Waals surface area contributed by atoms with Gasteiger partial charge in [-0.15, -0.1) is 22.7 Å². The van der Waals surface area contributed by atoms with E-state index < -0.39 is 42.9 Å². The zero-order valence-electron chi connectivity index (χ0n) is 15.4. The lowest BCUT2D eigenvalue weighted by atomic mass is 10.1. The van der Waals surface area contributed by atoms with Gasteiger partial charge in [0, 0.05) is 22.9 Å². The SMILES string of the molecule is O=c1c2cccc([N+](=O)[O-])c2c(=O)c2sc3c(=O)c4cccc([N+](=O)[O-])c4c(=O)c3sc12. The van der Waals surface area contributed by atoms with Crippen LogP contribution in [0.3, 0.4) is 0 Å². The molecule has 0 saturated carbocycles. The Bertz CT molecular complexity index is 1790. The summed E-state index contributed by atoms with van der Waals surface area (Å²) in [5, 5.41) is 21.7. The Hall–Kier alpha value is -4.16. The molecule has 0 fully saturated rings. The first-order chi connectivity index (χ1) is 15.2. The maximum absolute atomic E-state index is 13.1. The molecule has 5 aromatic rings. The molecular formula is C20H6N2O8S2. The van der Waals surface area contributed by atoms with Gasteiger partial charge >= 0.3 is 0 Å². The number of hydrogen-bond donors (Lipinski definition) is 0. The highest BCUT2D eigenvalue weighted by Gasteiger charge is 2.24. The number of benzene rings is 4. The van der Waals surface area contributed by atoms with Crippen molar-refractivity contribution in [3.05, 3.63) is 97.5 Å². The average molecular weight is 466 g/mol. The topological polar surface area (TPSA) is 155 Å². The van der Waals surface area contributed by atoms with Crippen molar-refractivity contribution in [2.45, 2.75) is 0 Å². The second kappa shape index (κ2) is 6.67. The average Bonchev–Trinajstić information content (AvgIpc) is 2.79. The smallest absolute Gasteiger partial charge is 0.281 e. The van der Waals surface area contributed by atoms with Gasteiger partial charge in [-0.3, -0.25) is 39.4 Å². The molecule has 10 nitrogen and oxygen atoms in total. The highest BCUT2D eigenvalue weighted by Crippen LogP contribution is 2.32. The molecule has 0 spiro atoms. The molecular weight excluding hydrogens is 460 g/mol. The molecule has 0 unspecified atom stereocenters. The molecule has 1 aromatic heterocycles. The van der Waals surface area contributed by atoms with Crippen LogP contribution in [0.5, 0.6) is 0 Å². The summed E-state index contributed by atoms with van der Waals surface area (Å²) in [4.78, 5) is 73.6. The van der Waals surface area contributed by atoms with Gasteiger partial charge in [0.05, 0.1) is 28.6 Å². The van der Waals surface area contributed by atoms with Crippen LogP contribution in [0.2, 0.25) is 0 Å². The molecule has 5 rings (SSSR count). The van der Waals surface area contributed by atoms with E-state index >= 15 is 0 Å².